The summed E-state index contributed by atoms with van der Waals surface area (Å²) >= 11 is 0. The number of anilines is 3. The summed E-state index contributed by atoms with van der Waals surface area (Å²) in [4.78, 5) is 4.49. The van der Waals surface area contributed by atoms with Gasteiger partial charge in [-0.3, -0.25) is 0 Å². The van der Waals surface area contributed by atoms with E-state index in [0.717, 1.165) is 30.9 Å². The van der Waals surface area contributed by atoms with Crippen LogP contribution < -0.4 is 10.6 Å². The first-order valence-corrected chi connectivity index (χ1v) is 8.53. The SMILES string of the molecule is Cc1cccc(Nc2nncc(NCCCc3ccccc3)n2)c1C. The number of hydrogen-bond acceptors (Lipinski definition) is 5. The highest BCUT2D eigenvalue weighted by molar-refractivity contribution is 5.60. The van der Waals surface area contributed by atoms with Gasteiger partial charge in [0.25, 0.3) is 0 Å². The van der Waals surface area contributed by atoms with Crippen molar-refractivity contribution in [2.24, 2.45) is 0 Å². The highest BCUT2D eigenvalue weighted by Crippen LogP contribution is 2.21. The maximum Gasteiger partial charge on any atom is 0.249 e. The van der Waals surface area contributed by atoms with Gasteiger partial charge >= 0.3 is 0 Å². The lowest BCUT2D eigenvalue weighted by Gasteiger charge is -2.11. The van der Waals surface area contributed by atoms with Gasteiger partial charge in [-0.1, -0.05) is 42.5 Å². The smallest absolute Gasteiger partial charge is 0.249 e. The van der Waals surface area contributed by atoms with Crippen LogP contribution in [0.2, 0.25) is 0 Å². The maximum absolute atomic E-state index is 4.49. The second-order valence-corrected chi connectivity index (χ2v) is 6.05. The first kappa shape index (κ1) is 16.9. The number of nitrogens with zero attached hydrogens (tertiary/aromatic N) is 3. The Kier molecular flexibility index (Phi) is 5.57. The summed E-state index contributed by atoms with van der Waals surface area (Å²) in [6.45, 7) is 5.01. The first-order chi connectivity index (χ1) is 12.2. The molecule has 0 aliphatic heterocycles. The molecule has 1 aromatic heterocycles. The minimum Gasteiger partial charge on any atom is -0.369 e. The molecule has 128 valence electrons. The first-order valence-electron chi connectivity index (χ1n) is 8.53. The predicted molar refractivity (Wildman–Crippen MR) is 102 cm³/mol. The molecule has 0 saturated carbocycles. The van der Waals surface area contributed by atoms with E-state index in [1.165, 1.54) is 16.7 Å². The molecular weight excluding hydrogens is 310 g/mol. The van der Waals surface area contributed by atoms with Gasteiger partial charge in [-0.25, -0.2) is 0 Å². The lowest BCUT2D eigenvalue weighted by molar-refractivity contribution is 0.853. The highest BCUT2D eigenvalue weighted by Gasteiger charge is 2.04. The van der Waals surface area contributed by atoms with Gasteiger partial charge in [-0.2, -0.15) is 10.1 Å². The van der Waals surface area contributed by atoms with Crippen LogP contribution in [0.1, 0.15) is 23.1 Å². The number of benzene rings is 2. The van der Waals surface area contributed by atoms with E-state index in [1.807, 2.05) is 18.2 Å². The van der Waals surface area contributed by atoms with Gasteiger partial charge < -0.3 is 10.6 Å². The van der Waals surface area contributed by atoms with E-state index < -0.39 is 0 Å². The van der Waals surface area contributed by atoms with Gasteiger partial charge in [0, 0.05) is 12.2 Å². The number of aromatic nitrogens is 3. The minimum absolute atomic E-state index is 0.502. The van der Waals surface area contributed by atoms with Crippen LogP contribution in [0.25, 0.3) is 0 Å². The molecule has 0 aliphatic carbocycles. The fourth-order valence-electron chi connectivity index (χ4n) is 2.60. The molecule has 0 aliphatic rings. The summed E-state index contributed by atoms with van der Waals surface area (Å²) in [5, 5.41) is 14.7. The molecule has 0 fully saturated rings. The molecule has 0 amide bonds. The zero-order valence-corrected chi connectivity index (χ0v) is 14.7. The summed E-state index contributed by atoms with van der Waals surface area (Å²) in [7, 11) is 0. The van der Waals surface area contributed by atoms with Crippen molar-refractivity contribution in [3.63, 3.8) is 0 Å². The highest BCUT2D eigenvalue weighted by atomic mass is 15.3. The molecule has 3 rings (SSSR count). The van der Waals surface area contributed by atoms with Crippen LogP contribution in [0.15, 0.2) is 54.7 Å². The van der Waals surface area contributed by atoms with E-state index >= 15 is 0 Å². The Morgan fingerprint density at radius 3 is 2.64 bits per heavy atom. The van der Waals surface area contributed by atoms with E-state index in [0.29, 0.717) is 5.95 Å². The molecule has 2 aromatic carbocycles. The van der Waals surface area contributed by atoms with Crippen LogP contribution in [0.5, 0.6) is 0 Å². The summed E-state index contributed by atoms with van der Waals surface area (Å²) in [5.41, 5.74) is 4.77. The van der Waals surface area contributed by atoms with Crippen molar-refractivity contribution >= 4 is 17.5 Å². The van der Waals surface area contributed by atoms with Gasteiger partial charge in [0.05, 0.1) is 6.20 Å². The zero-order valence-electron chi connectivity index (χ0n) is 14.7. The lowest BCUT2D eigenvalue weighted by Crippen LogP contribution is -2.08. The fraction of sp³-hybridized carbons (Fsp3) is 0.250. The number of nitrogens with one attached hydrogen (secondary N) is 2. The van der Waals surface area contributed by atoms with E-state index in [9.17, 15) is 0 Å². The summed E-state index contributed by atoms with van der Waals surface area (Å²) in [6.07, 6.45) is 3.73. The van der Waals surface area contributed by atoms with Crippen molar-refractivity contribution in [3.8, 4) is 0 Å². The second kappa shape index (κ2) is 8.24. The average Bonchev–Trinajstić information content (AvgIpc) is 2.64. The molecule has 5 heteroatoms. The lowest BCUT2D eigenvalue weighted by atomic mass is 10.1. The van der Waals surface area contributed by atoms with Gasteiger partial charge in [0.1, 0.15) is 0 Å². The Morgan fingerprint density at radius 2 is 1.80 bits per heavy atom. The molecule has 25 heavy (non-hydrogen) atoms. The number of aryl methyl sites for hydroxylation is 2. The van der Waals surface area contributed by atoms with Crippen LogP contribution in [0.3, 0.4) is 0 Å². The largest absolute Gasteiger partial charge is 0.369 e. The molecular formula is C20H23N5. The van der Waals surface area contributed by atoms with E-state index in [1.54, 1.807) is 6.20 Å². The molecule has 0 atom stereocenters. The quantitative estimate of drug-likeness (QED) is 0.632. The van der Waals surface area contributed by atoms with E-state index in [4.69, 9.17) is 0 Å². The Balaban J connectivity index is 1.55. The third-order valence-electron chi connectivity index (χ3n) is 4.20. The number of hydrogen-bond donors (Lipinski definition) is 2. The van der Waals surface area contributed by atoms with Crippen LogP contribution in [-0.4, -0.2) is 21.7 Å². The molecule has 5 nitrogen and oxygen atoms in total. The molecule has 1 heterocycles. The third kappa shape index (κ3) is 4.76. The molecule has 0 radical (unpaired) electrons. The predicted octanol–water partition coefficient (Wildman–Crippen LogP) is 4.28. The van der Waals surface area contributed by atoms with Gasteiger partial charge in [-0.15, -0.1) is 5.10 Å². The van der Waals surface area contributed by atoms with Crippen LogP contribution in [-0.2, 0) is 6.42 Å². The fourth-order valence-corrected chi connectivity index (χ4v) is 2.60. The third-order valence-corrected chi connectivity index (χ3v) is 4.20. The second-order valence-electron chi connectivity index (χ2n) is 6.05. The van der Waals surface area contributed by atoms with E-state index in [2.05, 4.69) is 70.0 Å². The molecule has 0 unspecified atom stereocenters. The molecule has 0 bridgehead atoms. The molecule has 2 N–H and O–H groups in total. The number of rotatable bonds is 7. The minimum atomic E-state index is 0.502. The van der Waals surface area contributed by atoms with Crippen molar-refractivity contribution < 1.29 is 0 Å². The Morgan fingerprint density at radius 1 is 0.960 bits per heavy atom. The van der Waals surface area contributed by atoms with Crippen molar-refractivity contribution in [3.05, 3.63) is 71.4 Å². The average molecular weight is 333 g/mol. The summed E-state index contributed by atoms with van der Waals surface area (Å²) < 4.78 is 0. The monoisotopic (exact) mass is 333 g/mol. The summed E-state index contributed by atoms with van der Waals surface area (Å²) in [6, 6.07) is 16.6. The standard InChI is InChI=1S/C20H23N5/c1-15-8-6-12-18(16(15)2)23-20-24-19(14-22-25-20)21-13-7-11-17-9-4-3-5-10-17/h3-6,8-10,12,14H,7,11,13H2,1-2H3,(H2,21,23,24,25). The van der Waals surface area contributed by atoms with Crippen LogP contribution >= 0.6 is 0 Å². The van der Waals surface area contributed by atoms with Gasteiger partial charge in [0.15, 0.2) is 5.82 Å². The van der Waals surface area contributed by atoms with Gasteiger partial charge in [-0.05, 0) is 49.4 Å². The van der Waals surface area contributed by atoms with Crippen molar-refractivity contribution in [1.29, 1.82) is 0 Å². The Bertz CT molecular complexity index is 817. The normalized spacial score (nSPS) is 10.5. The van der Waals surface area contributed by atoms with E-state index in [-0.39, 0.29) is 0 Å². The van der Waals surface area contributed by atoms with Crippen molar-refractivity contribution in [2.45, 2.75) is 26.7 Å². The van der Waals surface area contributed by atoms with Crippen LogP contribution in [0.4, 0.5) is 17.5 Å². The molecule has 0 saturated heterocycles. The maximum atomic E-state index is 4.49. The van der Waals surface area contributed by atoms with Crippen LogP contribution in [0, 0.1) is 13.8 Å². The summed E-state index contributed by atoms with van der Waals surface area (Å²) in [5.74, 6) is 1.23. The van der Waals surface area contributed by atoms with Gasteiger partial charge in [0.2, 0.25) is 5.95 Å². The van der Waals surface area contributed by atoms with Crippen molar-refractivity contribution in [2.75, 3.05) is 17.2 Å². The zero-order chi connectivity index (χ0) is 17.5. The Hall–Kier alpha value is -2.95. The van der Waals surface area contributed by atoms with Crippen molar-refractivity contribution in [1.82, 2.24) is 15.2 Å². The molecule has 0 spiro atoms. The Labute approximate surface area is 148 Å². The molecule has 3 aromatic rings. The topological polar surface area (TPSA) is 62.7 Å².